The van der Waals surface area contributed by atoms with Crippen molar-refractivity contribution in [3.63, 3.8) is 0 Å². The van der Waals surface area contributed by atoms with Gasteiger partial charge in [0.05, 0.1) is 13.2 Å². The number of rotatable bonds is 28. The third kappa shape index (κ3) is 29.4. The van der Waals surface area contributed by atoms with Crippen molar-refractivity contribution in [2.75, 3.05) is 52.9 Å². The minimum Gasteiger partial charge on any atom is -0.463 e. The Hall–Kier alpha value is -7.88. The van der Waals surface area contributed by atoms with E-state index < -0.39 is 47.8 Å². The molecule has 2 rings (SSSR count). The number of hydrogen-bond donors (Lipinski definition) is 0. The molecule has 16 heteroatoms. The van der Waals surface area contributed by atoms with Gasteiger partial charge in [0.15, 0.2) is 0 Å². The summed E-state index contributed by atoms with van der Waals surface area (Å²) >= 11 is 0. The molecule has 0 heterocycles. The van der Waals surface area contributed by atoms with Gasteiger partial charge in [-0.15, -0.1) is 0 Å². The van der Waals surface area contributed by atoms with Crippen molar-refractivity contribution >= 4 is 72.1 Å². The zero-order valence-electron chi connectivity index (χ0n) is 35.4. The van der Waals surface area contributed by atoms with Gasteiger partial charge in [0.2, 0.25) is 0 Å². The molecular weight excluding hydrogens is 833 g/mol. The SMILES string of the molecule is C=CC(=O)OCCCCCCOC(=O)/C=C/c1ccc(/C=C/C(=O)OCCOC(=O)C=C)cc1.C=CC(=O)OCCOC(=O)/C=C/c1ccc(/C=C/C(=O)OCCOC(=O)C=C)cc1. The lowest BCUT2D eigenvalue weighted by atomic mass is 10.1. The molecule has 2 aromatic rings. The number of esters is 8. The van der Waals surface area contributed by atoms with Crippen LogP contribution in [0.5, 0.6) is 0 Å². The molecule has 0 N–H and O–H groups in total. The second-order valence-electron chi connectivity index (χ2n) is 12.2. The summed E-state index contributed by atoms with van der Waals surface area (Å²) in [7, 11) is 0. The number of carbonyl (C=O) groups excluding carboxylic acids is 8. The fraction of sp³-hybridized carbons (Fsp3) is 0.250. The smallest absolute Gasteiger partial charge is 0.330 e. The molecular formula is C48H52O16. The molecule has 0 unspecified atom stereocenters. The maximum absolute atomic E-state index is 11.8. The van der Waals surface area contributed by atoms with Crippen LogP contribution in [0.2, 0.25) is 0 Å². The van der Waals surface area contributed by atoms with Gasteiger partial charge in [0.25, 0.3) is 0 Å². The summed E-state index contributed by atoms with van der Waals surface area (Å²) in [6, 6.07) is 14.1. The van der Waals surface area contributed by atoms with Gasteiger partial charge in [-0.3, -0.25) is 0 Å². The predicted molar refractivity (Wildman–Crippen MR) is 236 cm³/mol. The Labute approximate surface area is 371 Å². The zero-order chi connectivity index (χ0) is 47.2. The summed E-state index contributed by atoms with van der Waals surface area (Å²) in [6.07, 6.45) is 18.9. The van der Waals surface area contributed by atoms with Crippen molar-refractivity contribution < 1.29 is 76.3 Å². The van der Waals surface area contributed by atoms with Crippen molar-refractivity contribution in [2.45, 2.75) is 25.7 Å². The standard InChI is InChI=1S/C26H30O8.C22H22O8/c1-3-23(27)31-17-7-5-6-8-18-32-25(29)15-13-21-9-11-22(12-10-21)14-16-26(30)34-20-19-33-24(28)4-2;1-3-19(23)27-13-15-29-21(25)11-9-17-5-7-18(8-6-17)10-12-22(26)30-16-14-28-20(24)4-2/h3-4,9-16H,1-2,5-8,17-20H2;3-12H,1-2,13-16H2/b15-13+,16-14+;11-9+,12-10+. The lowest BCUT2D eigenvalue weighted by molar-refractivity contribution is -0.145. The van der Waals surface area contributed by atoms with E-state index in [4.69, 9.17) is 28.4 Å². The van der Waals surface area contributed by atoms with E-state index in [2.05, 4.69) is 35.8 Å². The van der Waals surface area contributed by atoms with E-state index in [1.807, 2.05) is 0 Å². The molecule has 0 aromatic heterocycles. The molecule has 0 bridgehead atoms. The minimum absolute atomic E-state index is 0.0388. The third-order valence-corrected chi connectivity index (χ3v) is 7.43. The largest absolute Gasteiger partial charge is 0.463 e. The Bertz CT molecular complexity index is 1920. The number of carbonyl (C=O) groups is 8. The summed E-state index contributed by atoms with van der Waals surface area (Å²) in [6.45, 7) is 13.5. The molecule has 0 amide bonds. The van der Waals surface area contributed by atoms with Crippen LogP contribution >= 0.6 is 0 Å². The number of benzene rings is 2. The van der Waals surface area contributed by atoms with Gasteiger partial charge in [0.1, 0.15) is 39.6 Å². The van der Waals surface area contributed by atoms with Gasteiger partial charge in [-0.05, 0) is 72.2 Å². The normalized spacial score (nSPS) is 10.5. The first-order valence-corrected chi connectivity index (χ1v) is 19.6. The van der Waals surface area contributed by atoms with E-state index in [0.717, 1.165) is 72.2 Å². The first-order chi connectivity index (χ1) is 30.9. The van der Waals surface area contributed by atoms with Crippen molar-refractivity contribution in [3.8, 4) is 0 Å². The average Bonchev–Trinajstić information content (AvgIpc) is 3.31. The molecule has 0 spiro atoms. The Morgan fingerprint density at radius 2 is 0.484 bits per heavy atom. The molecule has 0 saturated heterocycles. The lowest BCUT2D eigenvalue weighted by Gasteiger charge is -2.03. The van der Waals surface area contributed by atoms with E-state index in [9.17, 15) is 38.4 Å². The second kappa shape index (κ2) is 34.8. The number of hydrogen-bond acceptors (Lipinski definition) is 16. The van der Waals surface area contributed by atoms with E-state index in [0.29, 0.717) is 13.2 Å². The predicted octanol–water partition coefficient (Wildman–Crippen LogP) is 6.08. The van der Waals surface area contributed by atoms with Crippen LogP contribution in [0.25, 0.3) is 24.3 Å². The van der Waals surface area contributed by atoms with E-state index in [1.54, 1.807) is 72.8 Å². The molecule has 0 aliphatic carbocycles. The Morgan fingerprint density at radius 1 is 0.297 bits per heavy atom. The van der Waals surface area contributed by atoms with Crippen LogP contribution < -0.4 is 0 Å². The van der Waals surface area contributed by atoms with Crippen molar-refractivity contribution in [1.82, 2.24) is 0 Å². The molecule has 16 nitrogen and oxygen atoms in total. The number of unbranched alkanes of at least 4 members (excludes halogenated alkanes) is 3. The molecule has 0 aliphatic rings. The fourth-order valence-electron chi connectivity index (χ4n) is 4.28. The highest BCUT2D eigenvalue weighted by atomic mass is 16.6. The molecule has 0 saturated carbocycles. The molecule has 340 valence electrons. The van der Waals surface area contributed by atoms with Crippen LogP contribution in [0.4, 0.5) is 0 Å². The van der Waals surface area contributed by atoms with Crippen molar-refractivity contribution in [1.29, 1.82) is 0 Å². The summed E-state index contributed by atoms with van der Waals surface area (Å²) in [5.74, 6) is -4.30. The van der Waals surface area contributed by atoms with E-state index in [-0.39, 0.29) is 39.6 Å². The third-order valence-electron chi connectivity index (χ3n) is 7.43. The highest BCUT2D eigenvalue weighted by molar-refractivity contribution is 5.89. The summed E-state index contributed by atoms with van der Waals surface area (Å²) < 4.78 is 38.7. The average molecular weight is 885 g/mol. The summed E-state index contributed by atoms with van der Waals surface area (Å²) in [5, 5.41) is 0. The topological polar surface area (TPSA) is 210 Å². The van der Waals surface area contributed by atoms with Gasteiger partial charge >= 0.3 is 47.8 Å². The van der Waals surface area contributed by atoms with Crippen molar-refractivity contribution in [3.05, 3.63) is 146 Å². The van der Waals surface area contributed by atoms with Crippen LogP contribution in [0.1, 0.15) is 47.9 Å². The van der Waals surface area contributed by atoms with Gasteiger partial charge in [-0.2, -0.15) is 0 Å². The minimum atomic E-state index is -0.585. The van der Waals surface area contributed by atoms with Gasteiger partial charge < -0.3 is 37.9 Å². The van der Waals surface area contributed by atoms with Crippen LogP contribution in [0.15, 0.2) is 123 Å². The van der Waals surface area contributed by atoms with Gasteiger partial charge in [0, 0.05) is 48.6 Å². The number of ether oxygens (including phenoxy) is 8. The van der Waals surface area contributed by atoms with Gasteiger partial charge in [-0.25, -0.2) is 38.4 Å². The molecule has 0 fully saturated rings. The van der Waals surface area contributed by atoms with Gasteiger partial charge in [-0.1, -0.05) is 74.8 Å². The molecule has 0 aliphatic heterocycles. The first-order valence-electron chi connectivity index (χ1n) is 19.6. The molecule has 2 aromatic carbocycles. The second-order valence-corrected chi connectivity index (χ2v) is 12.2. The Morgan fingerprint density at radius 3 is 0.703 bits per heavy atom. The van der Waals surface area contributed by atoms with Crippen molar-refractivity contribution in [2.24, 2.45) is 0 Å². The fourth-order valence-corrected chi connectivity index (χ4v) is 4.28. The lowest BCUT2D eigenvalue weighted by Crippen LogP contribution is -2.11. The molecule has 0 atom stereocenters. The van der Waals surface area contributed by atoms with Crippen LogP contribution in [0.3, 0.4) is 0 Å². The Balaban J connectivity index is 0.000000645. The molecule has 0 radical (unpaired) electrons. The molecule has 64 heavy (non-hydrogen) atoms. The van der Waals surface area contributed by atoms with E-state index >= 15 is 0 Å². The summed E-state index contributed by atoms with van der Waals surface area (Å²) in [5.41, 5.74) is 3.06. The van der Waals surface area contributed by atoms with E-state index in [1.165, 1.54) is 24.3 Å². The quantitative estimate of drug-likeness (QED) is 0.0410. The zero-order valence-corrected chi connectivity index (χ0v) is 35.4. The first kappa shape index (κ1) is 54.1. The Kier molecular flexibility index (Phi) is 29.4. The maximum Gasteiger partial charge on any atom is 0.330 e. The van der Waals surface area contributed by atoms with Crippen LogP contribution in [-0.2, 0) is 76.3 Å². The van der Waals surface area contributed by atoms with Crippen LogP contribution in [0, 0.1) is 0 Å². The summed E-state index contributed by atoms with van der Waals surface area (Å²) in [4.78, 5) is 90.0. The highest BCUT2D eigenvalue weighted by Gasteiger charge is 2.03. The monoisotopic (exact) mass is 884 g/mol. The maximum atomic E-state index is 11.8. The highest BCUT2D eigenvalue weighted by Crippen LogP contribution is 2.10. The van der Waals surface area contributed by atoms with Crippen LogP contribution in [-0.4, -0.2) is 101 Å².